The predicted molar refractivity (Wildman–Crippen MR) is 103 cm³/mol. The van der Waals surface area contributed by atoms with Gasteiger partial charge in [-0.1, -0.05) is 23.2 Å². The molecule has 10 heteroatoms. The van der Waals surface area contributed by atoms with E-state index in [1.54, 1.807) is 6.07 Å². The molecule has 3 rings (SSSR count). The van der Waals surface area contributed by atoms with Crippen LogP contribution >= 0.6 is 23.2 Å². The van der Waals surface area contributed by atoms with Crippen LogP contribution in [0.1, 0.15) is 6.42 Å². The van der Waals surface area contributed by atoms with Gasteiger partial charge in [0.15, 0.2) is 6.10 Å². The number of carbonyl (C=O) groups is 1. The summed E-state index contributed by atoms with van der Waals surface area (Å²) >= 11 is 11.7. The molecular formula is C17H15Cl2FN2O4S. The molecule has 27 heavy (non-hydrogen) atoms. The second kappa shape index (κ2) is 7.53. The molecule has 0 radical (unpaired) electrons. The van der Waals surface area contributed by atoms with Gasteiger partial charge in [-0.15, -0.1) is 0 Å². The summed E-state index contributed by atoms with van der Waals surface area (Å²) in [7, 11) is -3.59. The van der Waals surface area contributed by atoms with E-state index in [1.165, 1.54) is 24.3 Å². The van der Waals surface area contributed by atoms with Crippen molar-refractivity contribution in [1.29, 1.82) is 0 Å². The summed E-state index contributed by atoms with van der Waals surface area (Å²) in [6, 6.07) is 8.30. The minimum absolute atomic E-state index is 0.0361. The SMILES string of the molecule is CS(=O)(=O)N1CC[C@@H](C(=O)Nc2ccc(F)c(Cl)c2)Oc2ccc(Cl)cc21. The molecule has 1 aliphatic rings. The lowest BCUT2D eigenvalue weighted by molar-refractivity contribution is -0.122. The van der Waals surface area contributed by atoms with Gasteiger partial charge in [0.05, 0.1) is 17.0 Å². The van der Waals surface area contributed by atoms with Gasteiger partial charge in [0, 0.05) is 23.7 Å². The maximum Gasteiger partial charge on any atom is 0.265 e. The minimum atomic E-state index is -3.59. The van der Waals surface area contributed by atoms with Gasteiger partial charge in [-0.05, 0) is 36.4 Å². The van der Waals surface area contributed by atoms with Gasteiger partial charge in [0.1, 0.15) is 11.6 Å². The van der Waals surface area contributed by atoms with Crippen LogP contribution in [-0.4, -0.2) is 33.2 Å². The van der Waals surface area contributed by atoms with Crippen LogP contribution in [0.25, 0.3) is 0 Å². The van der Waals surface area contributed by atoms with Crippen molar-refractivity contribution in [2.75, 3.05) is 22.4 Å². The Bertz CT molecular complexity index is 1000. The Hall–Kier alpha value is -2.03. The first-order valence-corrected chi connectivity index (χ1v) is 10.5. The van der Waals surface area contributed by atoms with Crippen LogP contribution in [-0.2, 0) is 14.8 Å². The summed E-state index contributed by atoms with van der Waals surface area (Å²) in [5, 5.41) is 2.81. The standard InChI is InChI=1S/C17H15Cl2FN2O4S/c1-27(24,25)22-7-6-16(26-15-5-2-10(18)8-14(15)22)17(23)21-11-3-4-13(20)12(19)9-11/h2-5,8-9,16H,6-7H2,1H3,(H,21,23)/t16-/m0/s1. The molecule has 1 aliphatic heterocycles. The van der Waals surface area contributed by atoms with Crippen molar-refractivity contribution in [2.24, 2.45) is 0 Å². The highest BCUT2D eigenvalue weighted by Crippen LogP contribution is 2.36. The number of nitrogens with one attached hydrogen (secondary N) is 1. The number of amides is 1. The molecule has 0 saturated carbocycles. The molecule has 0 aliphatic carbocycles. The van der Waals surface area contributed by atoms with Gasteiger partial charge in [-0.2, -0.15) is 0 Å². The zero-order chi connectivity index (χ0) is 19.8. The maximum absolute atomic E-state index is 13.3. The molecule has 2 aromatic rings. The number of benzene rings is 2. The number of sulfonamides is 1. The molecule has 144 valence electrons. The van der Waals surface area contributed by atoms with E-state index in [-0.39, 0.29) is 29.4 Å². The molecule has 0 saturated heterocycles. The summed E-state index contributed by atoms with van der Waals surface area (Å²) in [4.78, 5) is 12.6. The van der Waals surface area contributed by atoms with E-state index in [0.717, 1.165) is 16.6 Å². The number of hydrogen-bond acceptors (Lipinski definition) is 4. The number of rotatable bonds is 3. The molecule has 0 spiro atoms. The monoisotopic (exact) mass is 432 g/mol. The fourth-order valence-electron chi connectivity index (χ4n) is 2.68. The largest absolute Gasteiger partial charge is 0.478 e. The number of ether oxygens (including phenoxy) is 1. The predicted octanol–water partition coefficient (Wildman–Crippen LogP) is 3.69. The second-order valence-electron chi connectivity index (χ2n) is 5.96. The molecule has 0 unspecified atom stereocenters. The summed E-state index contributed by atoms with van der Waals surface area (Å²) < 4.78 is 44.4. The van der Waals surface area contributed by atoms with E-state index >= 15 is 0 Å². The van der Waals surface area contributed by atoms with Crippen LogP contribution in [0.15, 0.2) is 36.4 Å². The maximum atomic E-state index is 13.3. The highest BCUT2D eigenvalue weighted by Gasteiger charge is 2.31. The minimum Gasteiger partial charge on any atom is -0.478 e. The van der Waals surface area contributed by atoms with Gasteiger partial charge in [0.2, 0.25) is 10.0 Å². The second-order valence-corrected chi connectivity index (χ2v) is 8.71. The Kier molecular flexibility index (Phi) is 5.50. The molecule has 1 atom stereocenters. The van der Waals surface area contributed by atoms with Crippen LogP contribution in [0.2, 0.25) is 10.0 Å². The normalized spacial score (nSPS) is 16.9. The molecule has 6 nitrogen and oxygen atoms in total. The molecule has 1 amide bonds. The van der Waals surface area contributed by atoms with Crippen molar-refractivity contribution in [3.63, 3.8) is 0 Å². The highest BCUT2D eigenvalue weighted by atomic mass is 35.5. The fraction of sp³-hybridized carbons (Fsp3) is 0.235. The first-order chi connectivity index (χ1) is 12.6. The summed E-state index contributed by atoms with van der Waals surface area (Å²) in [6.07, 6.45) is 0.221. The fourth-order valence-corrected chi connectivity index (χ4v) is 3.96. The number of fused-ring (bicyclic) bond motifs is 1. The van der Waals surface area contributed by atoms with Gasteiger partial charge < -0.3 is 10.1 Å². The Balaban J connectivity index is 1.87. The third-order valence-corrected chi connectivity index (χ3v) is 5.64. The van der Waals surface area contributed by atoms with Crippen LogP contribution in [0, 0.1) is 5.82 Å². The number of halogens is 3. The van der Waals surface area contributed by atoms with Crippen molar-refractivity contribution in [1.82, 2.24) is 0 Å². The molecule has 2 aromatic carbocycles. The summed E-state index contributed by atoms with van der Waals surface area (Å²) in [5.74, 6) is -0.886. The van der Waals surface area contributed by atoms with Crippen molar-refractivity contribution in [3.8, 4) is 5.75 Å². The number of hydrogen-bond donors (Lipinski definition) is 1. The Morgan fingerprint density at radius 1 is 1.26 bits per heavy atom. The van der Waals surface area contributed by atoms with Gasteiger partial charge in [-0.3, -0.25) is 9.10 Å². The van der Waals surface area contributed by atoms with Crippen LogP contribution in [0.3, 0.4) is 0 Å². The number of carbonyl (C=O) groups excluding carboxylic acids is 1. The third-order valence-electron chi connectivity index (χ3n) is 3.93. The molecule has 0 fully saturated rings. The van der Waals surface area contributed by atoms with Crippen molar-refractivity contribution >= 4 is 50.5 Å². The van der Waals surface area contributed by atoms with E-state index in [2.05, 4.69) is 5.32 Å². The summed E-state index contributed by atoms with van der Waals surface area (Å²) in [5.41, 5.74) is 0.570. The lowest BCUT2D eigenvalue weighted by Gasteiger charge is -2.21. The van der Waals surface area contributed by atoms with Crippen molar-refractivity contribution in [2.45, 2.75) is 12.5 Å². The molecule has 1 N–H and O–H groups in total. The average Bonchev–Trinajstić information content (AvgIpc) is 2.77. The first kappa shape index (κ1) is 19.7. The Labute approximate surface area is 165 Å². The van der Waals surface area contributed by atoms with Crippen molar-refractivity contribution < 1.29 is 22.3 Å². The highest BCUT2D eigenvalue weighted by molar-refractivity contribution is 7.92. The van der Waals surface area contributed by atoms with Gasteiger partial charge >= 0.3 is 0 Å². The number of anilines is 2. The lowest BCUT2D eigenvalue weighted by Crippen LogP contribution is -2.36. The summed E-state index contributed by atoms with van der Waals surface area (Å²) in [6.45, 7) is 0.0361. The van der Waals surface area contributed by atoms with Crippen LogP contribution in [0.5, 0.6) is 5.75 Å². The molecule has 1 heterocycles. The van der Waals surface area contributed by atoms with E-state index < -0.39 is 27.9 Å². The van der Waals surface area contributed by atoms with Crippen LogP contribution < -0.4 is 14.4 Å². The lowest BCUT2D eigenvalue weighted by atomic mass is 10.2. The quantitative estimate of drug-likeness (QED) is 0.802. The van der Waals surface area contributed by atoms with Gasteiger partial charge in [0.25, 0.3) is 5.91 Å². The zero-order valence-electron chi connectivity index (χ0n) is 14.1. The smallest absolute Gasteiger partial charge is 0.265 e. The van der Waals surface area contributed by atoms with E-state index in [9.17, 15) is 17.6 Å². The van der Waals surface area contributed by atoms with E-state index in [0.29, 0.717) is 10.7 Å². The van der Waals surface area contributed by atoms with Gasteiger partial charge in [-0.25, -0.2) is 12.8 Å². The topological polar surface area (TPSA) is 75.7 Å². The average molecular weight is 433 g/mol. The Morgan fingerprint density at radius 2 is 2.00 bits per heavy atom. The van der Waals surface area contributed by atoms with Crippen LogP contribution in [0.4, 0.5) is 15.8 Å². The van der Waals surface area contributed by atoms with E-state index in [4.69, 9.17) is 27.9 Å². The van der Waals surface area contributed by atoms with E-state index in [1.807, 2.05) is 0 Å². The Morgan fingerprint density at radius 3 is 2.67 bits per heavy atom. The third kappa shape index (κ3) is 4.45. The number of nitrogens with zero attached hydrogens (tertiary/aromatic N) is 1. The molecule has 0 aromatic heterocycles. The molecule has 0 bridgehead atoms. The van der Waals surface area contributed by atoms with Crippen molar-refractivity contribution in [3.05, 3.63) is 52.3 Å². The zero-order valence-corrected chi connectivity index (χ0v) is 16.4. The first-order valence-electron chi connectivity index (χ1n) is 7.85. The molecular weight excluding hydrogens is 418 g/mol.